The van der Waals surface area contributed by atoms with Crippen LogP contribution >= 0.6 is 7.82 Å². The van der Waals surface area contributed by atoms with Gasteiger partial charge in [0.1, 0.15) is 5.75 Å². The van der Waals surface area contributed by atoms with Crippen LogP contribution in [0.2, 0.25) is 0 Å². The normalized spacial score (nSPS) is 12.1. The van der Waals surface area contributed by atoms with Gasteiger partial charge in [0, 0.05) is 11.0 Å². The summed E-state index contributed by atoms with van der Waals surface area (Å²) in [6.07, 6.45) is 1.84. The van der Waals surface area contributed by atoms with Gasteiger partial charge in [0.25, 0.3) is 0 Å². The first-order valence-electron chi connectivity index (χ1n) is 7.99. The predicted molar refractivity (Wildman–Crippen MR) is 92.1 cm³/mol. The molecule has 7 heteroatoms. The van der Waals surface area contributed by atoms with Crippen molar-refractivity contribution in [2.45, 2.75) is 59.3 Å². The van der Waals surface area contributed by atoms with Crippen molar-refractivity contribution in [3.05, 3.63) is 28.8 Å². The van der Waals surface area contributed by atoms with Crippen LogP contribution in [0.15, 0.2) is 12.1 Å². The number of phosphoric ester groups is 1. The van der Waals surface area contributed by atoms with E-state index in [2.05, 4.69) is 0 Å². The minimum absolute atomic E-state index is 0.0954. The van der Waals surface area contributed by atoms with Gasteiger partial charge in [0.2, 0.25) is 0 Å². The Kier molecular flexibility index (Phi) is 7.02. The van der Waals surface area contributed by atoms with Crippen LogP contribution in [0.1, 0.15) is 56.7 Å². The fourth-order valence-electron chi connectivity index (χ4n) is 2.83. The fourth-order valence-corrected chi connectivity index (χ4v) is 3.23. The summed E-state index contributed by atoms with van der Waals surface area (Å²) in [6.45, 7) is 9.70. The first kappa shape index (κ1) is 20.7. The molecule has 2 N–H and O–H groups in total. The smallest absolute Gasteiger partial charge is 0.466 e. The van der Waals surface area contributed by atoms with Crippen LogP contribution in [0.25, 0.3) is 0 Å². The first-order valence-corrected chi connectivity index (χ1v) is 9.52. The number of unbranched alkanes of at least 4 members (excludes halogenated alkanes) is 1. The number of hydrogen-bond donors (Lipinski definition) is 2. The van der Waals surface area contributed by atoms with Crippen molar-refractivity contribution >= 4 is 13.8 Å². The number of carbonyl (C=O) groups is 1. The lowest BCUT2D eigenvalue weighted by atomic mass is 9.78. The zero-order chi connectivity index (χ0) is 18.5. The van der Waals surface area contributed by atoms with Crippen molar-refractivity contribution in [2.24, 2.45) is 0 Å². The third-order valence-corrected chi connectivity index (χ3v) is 4.12. The van der Waals surface area contributed by atoms with Crippen LogP contribution < -0.4 is 4.52 Å². The van der Waals surface area contributed by atoms with E-state index in [1.807, 2.05) is 40.7 Å². The lowest BCUT2D eigenvalue weighted by molar-refractivity contribution is -0.145. The van der Waals surface area contributed by atoms with Gasteiger partial charge in [-0.3, -0.25) is 14.6 Å². The van der Waals surface area contributed by atoms with Crippen LogP contribution in [-0.2, 0) is 19.5 Å². The number of hydrogen-bond acceptors (Lipinski definition) is 4. The molecule has 0 heterocycles. The molecule has 1 aromatic rings. The summed E-state index contributed by atoms with van der Waals surface area (Å²) >= 11 is 0. The van der Waals surface area contributed by atoms with E-state index < -0.39 is 13.2 Å². The average molecular weight is 358 g/mol. The predicted octanol–water partition coefficient (Wildman–Crippen LogP) is 3.79. The number of carbonyl (C=O) groups excluding carboxylic acids is 1. The highest BCUT2D eigenvalue weighted by molar-refractivity contribution is 7.46. The molecule has 0 aromatic heterocycles. The molecule has 136 valence electrons. The van der Waals surface area contributed by atoms with Crippen LogP contribution in [0.4, 0.5) is 0 Å². The van der Waals surface area contributed by atoms with Gasteiger partial charge in [-0.05, 0) is 37.5 Å². The molecule has 0 amide bonds. The molecule has 0 aliphatic heterocycles. The number of phosphoric acid groups is 1. The van der Waals surface area contributed by atoms with Crippen LogP contribution in [-0.4, -0.2) is 22.4 Å². The van der Waals surface area contributed by atoms with Crippen LogP contribution in [0.3, 0.4) is 0 Å². The molecule has 0 aliphatic rings. The fraction of sp³-hybridized carbons (Fsp3) is 0.588. The Morgan fingerprint density at radius 2 is 1.88 bits per heavy atom. The maximum atomic E-state index is 12.1. The topological polar surface area (TPSA) is 93.1 Å². The quantitative estimate of drug-likeness (QED) is 0.417. The van der Waals surface area contributed by atoms with Crippen molar-refractivity contribution < 1.29 is 28.4 Å². The Bertz CT molecular complexity index is 632. The van der Waals surface area contributed by atoms with Gasteiger partial charge in [-0.1, -0.05) is 33.3 Å². The number of esters is 1. The summed E-state index contributed by atoms with van der Waals surface area (Å²) in [4.78, 5) is 30.4. The van der Waals surface area contributed by atoms with Gasteiger partial charge in [-0.2, -0.15) is 0 Å². The van der Waals surface area contributed by atoms with Gasteiger partial charge in [0.05, 0.1) is 13.0 Å². The first-order chi connectivity index (χ1) is 11.0. The van der Waals surface area contributed by atoms with E-state index in [4.69, 9.17) is 19.0 Å². The van der Waals surface area contributed by atoms with Crippen molar-refractivity contribution in [1.29, 1.82) is 0 Å². The standard InChI is InChI=1S/C17H27O6P/c1-6-7-8-22-15(18)11-17(4,5)16-13(3)9-12(2)10-14(16)23-24(19,20)21/h9-10H,6-8,11H2,1-5H3,(H2,19,20,21). The molecular weight excluding hydrogens is 331 g/mol. The van der Waals surface area contributed by atoms with Crippen LogP contribution in [0, 0.1) is 13.8 Å². The summed E-state index contributed by atoms with van der Waals surface area (Å²) in [5.41, 5.74) is 1.54. The van der Waals surface area contributed by atoms with Crippen molar-refractivity contribution in [3.8, 4) is 5.75 Å². The highest BCUT2D eigenvalue weighted by Gasteiger charge is 2.32. The SMILES string of the molecule is CCCCOC(=O)CC(C)(C)c1c(C)cc(C)cc1OP(=O)(O)O. The maximum absolute atomic E-state index is 12.1. The molecule has 1 aromatic carbocycles. The Labute approximate surface area is 143 Å². The van der Waals surface area contributed by atoms with Crippen molar-refractivity contribution in [1.82, 2.24) is 0 Å². The second kappa shape index (κ2) is 8.15. The molecule has 0 saturated carbocycles. The molecule has 0 radical (unpaired) electrons. The van der Waals surface area contributed by atoms with Gasteiger partial charge in [-0.15, -0.1) is 0 Å². The highest BCUT2D eigenvalue weighted by atomic mass is 31.2. The Morgan fingerprint density at radius 3 is 2.42 bits per heavy atom. The molecule has 6 nitrogen and oxygen atoms in total. The maximum Gasteiger partial charge on any atom is 0.524 e. The molecule has 0 aliphatic carbocycles. The lowest BCUT2D eigenvalue weighted by Crippen LogP contribution is -2.25. The van der Waals surface area contributed by atoms with E-state index in [1.165, 1.54) is 0 Å². The Hall–Kier alpha value is -1.36. The summed E-state index contributed by atoms with van der Waals surface area (Å²) < 4.78 is 21.4. The zero-order valence-corrected chi connectivity index (χ0v) is 15.9. The van der Waals surface area contributed by atoms with E-state index in [0.717, 1.165) is 24.0 Å². The van der Waals surface area contributed by atoms with E-state index in [9.17, 15) is 9.36 Å². The van der Waals surface area contributed by atoms with Crippen molar-refractivity contribution in [2.75, 3.05) is 6.61 Å². The Morgan fingerprint density at radius 1 is 1.25 bits per heavy atom. The number of aryl methyl sites for hydroxylation is 2. The number of ether oxygens (including phenoxy) is 1. The second-order valence-corrected chi connectivity index (χ2v) is 7.84. The summed E-state index contributed by atoms with van der Waals surface area (Å²) in [7, 11) is -4.70. The summed E-state index contributed by atoms with van der Waals surface area (Å²) in [5, 5.41) is 0. The molecule has 0 atom stereocenters. The van der Waals surface area contributed by atoms with Gasteiger partial charge >= 0.3 is 13.8 Å². The third kappa shape index (κ3) is 6.27. The Balaban J connectivity index is 3.13. The van der Waals surface area contributed by atoms with Gasteiger partial charge in [0.15, 0.2) is 0 Å². The number of rotatable bonds is 8. The number of benzene rings is 1. The van der Waals surface area contributed by atoms with E-state index >= 15 is 0 Å². The average Bonchev–Trinajstić information content (AvgIpc) is 2.34. The minimum atomic E-state index is -4.70. The third-order valence-electron chi connectivity index (χ3n) is 3.68. The van der Waals surface area contributed by atoms with E-state index in [1.54, 1.807) is 6.07 Å². The monoisotopic (exact) mass is 358 g/mol. The van der Waals surface area contributed by atoms with E-state index in [0.29, 0.717) is 12.2 Å². The molecule has 0 fully saturated rings. The van der Waals surface area contributed by atoms with E-state index in [-0.39, 0.29) is 18.1 Å². The summed E-state index contributed by atoms with van der Waals surface area (Å²) in [6, 6.07) is 3.47. The lowest BCUT2D eigenvalue weighted by Gasteiger charge is -2.29. The molecule has 0 unspecified atom stereocenters. The largest absolute Gasteiger partial charge is 0.524 e. The summed E-state index contributed by atoms with van der Waals surface area (Å²) in [5.74, 6) is -0.234. The molecular formula is C17H27O6P. The molecule has 0 spiro atoms. The van der Waals surface area contributed by atoms with Gasteiger partial charge in [-0.25, -0.2) is 4.57 Å². The highest BCUT2D eigenvalue weighted by Crippen LogP contribution is 2.45. The minimum Gasteiger partial charge on any atom is -0.466 e. The molecule has 1 rings (SSSR count). The second-order valence-electron chi connectivity index (χ2n) is 6.67. The molecule has 0 saturated heterocycles. The zero-order valence-electron chi connectivity index (χ0n) is 15.0. The molecule has 0 bridgehead atoms. The van der Waals surface area contributed by atoms with Gasteiger partial charge < -0.3 is 9.26 Å². The van der Waals surface area contributed by atoms with Crippen molar-refractivity contribution in [3.63, 3.8) is 0 Å². The van der Waals surface area contributed by atoms with Crippen LogP contribution in [0.5, 0.6) is 5.75 Å². The molecule has 24 heavy (non-hydrogen) atoms.